The van der Waals surface area contributed by atoms with Gasteiger partial charge < -0.3 is 4.57 Å². The number of para-hydroxylation sites is 1. The molecule has 8 aromatic rings. The quantitative estimate of drug-likeness (QED) is 0.104. The first-order chi connectivity index (χ1) is 24.5. The standard InChI is InChI=1S/C44H29F2N2OP/c45-41-37-33-23-13-14-24-35(33)47-43(28-15-5-1-6-16-28)39(37)42(46)38-34-26-25-32(27-36(34)48-44(40(38)41)29-17-7-2-8-18-29)50(49,30-19-9-3-10-20-30)31-21-11-4-12-22-31/h1-11,13-21,23-27H,12,22H2. The molecule has 0 radical (unpaired) electrons. The van der Waals surface area contributed by atoms with Crippen LogP contribution in [0, 0.1) is 11.6 Å². The van der Waals surface area contributed by atoms with Crippen LogP contribution in [-0.4, -0.2) is 9.97 Å². The van der Waals surface area contributed by atoms with Crippen molar-refractivity contribution in [3.05, 3.63) is 169 Å². The number of fused-ring (bicyclic) bond motifs is 6. The highest BCUT2D eigenvalue weighted by molar-refractivity contribution is 7.82. The van der Waals surface area contributed by atoms with Crippen LogP contribution in [0.15, 0.2) is 157 Å². The molecule has 50 heavy (non-hydrogen) atoms. The van der Waals surface area contributed by atoms with E-state index in [0.717, 1.165) is 17.0 Å². The molecule has 0 saturated heterocycles. The lowest BCUT2D eigenvalue weighted by molar-refractivity contribution is 0.589. The molecule has 0 aliphatic heterocycles. The van der Waals surface area contributed by atoms with Gasteiger partial charge in [-0.25, -0.2) is 18.7 Å². The summed E-state index contributed by atoms with van der Waals surface area (Å²) < 4.78 is 50.7. The number of hydrogen-bond acceptors (Lipinski definition) is 3. The summed E-state index contributed by atoms with van der Waals surface area (Å²) in [5.74, 6) is -1.13. The predicted octanol–water partition coefficient (Wildman–Crippen LogP) is 11.2. The third-order valence-corrected chi connectivity index (χ3v) is 12.9. The average Bonchev–Trinajstić information content (AvgIpc) is 3.19. The van der Waals surface area contributed by atoms with Crippen LogP contribution in [0.3, 0.4) is 0 Å². The summed E-state index contributed by atoms with van der Waals surface area (Å²) in [5, 5.41) is 3.63. The van der Waals surface area contributed by atoms with E-state index >= 15 is 13.3 Å². The van der Waals surface area contributed by atoms with E-state index in [-0.39, 0.29) is 21.5 Å². The first-order valence-corrected chi connectivity index (χ1v) is 18.3. The summed E-state index contributed by atoms with van der Waals surface area (Å²) in [6.45, 7) is 0. The Morgan fingerprint density at radius 3 is 1.68 bits per heavy atom. The monoisotopic (exact) mass is 670 g/mol. The third kappa shape index (κ3) is 4.65. The van der Waals surface area contributed by atoms with E-state index in [0.29, 0.717) is 56.0 Å². The van der Waals surface area contributed by atoms with Gasteiger partial charge in [0.1, 0.15) is 11.6 Å². The van der Waals surface area contributed by atoms with Gasteiger partial charge in [0.05, 0.1) is 22.4 Å². The molecule has 1 atom stereocenters. The van der Waals surface area contributed by atoms with Gasteiger partial charge in [-0.15, -0.1) is 0 Å². The molecule has 0 amide bonds. The van der Waals surface area contributed by atoms with Crippen molar-refractivity contribution in [2.75, 3.05) is 0 Å². The number of allylic oxidation sites excluding steroid dienone is 4. The maximum absolute atomic E-state index is 17.7. The highest BCUT2D eigenvalue weighted by Gasteiger charge is 2.33. The number of nitrogens with zero attached hydrogens (tertiary/aromatic N) is 2. The second kappa shape index (κ2) is 12.0. The van der Waals surface area contributed by atoms with Crippen molar-refractivity contribution in [2.45, 2.75) is 12.8 Å². The second-order valence-electron chi connectivity index (χ2n) is 12.6. The molecule has 6 aromatic carbocycles. The average molecular weight is 671 g/mol. The van der Waals surface area contributed by atoms with E-state index in [2.05, 4.69) is 6.08 Å². The van der Waals surface area contributed by atoms with Crippen LogP contribution in [0.2, 0.25) is 0 Å². The highest BCUT2D eigenvalue weighted by Crippen LogP contribution is 2.55. The van der Waals surface area contributed by atoms with Gasteiger partial charge in [0.25, 0.3) is 0 Å². The van der Waals surface area contributed by atoms with Crippen LogP contribution in [0.1, 0.15) is 12.8 Å². The van der Waals surface area contributed by atoms with Crippen molar-refractivity contribution in [3.8, 4) is 22.5 Å². The van der Waals surface area contributed by atoms with Crippen molar-refractivity contribution in [3.63, 3.8) is 0 Å². The lowest BCUT2D eigenvalue weighted by Gasteiger charge is -2.24. The van der Waals surface area contributed by atoms with Gasteiger partial charge in [-0.2, -0.15) is 0 Å². The lowest BCUT2D eigenvalue weighted by atomic mass is 9.92. The summed E-state index contributed by atoms with van der Waals surface area (Å²) in [7, 11) is -3.30. The van der Waals surface area contributed by atoms with Crippen LogP contribution in [-0.2, 0) is 4.57 Å². The zero-order chi connectivity index (χ0) is 33.8. The van der Waals surface area contributed by atoms with Gasteiger partial charge in [0, 0.05) is 54.1 Å². The zero-order valence-electron chi connectivity index (χ0n) is 26.9. The Bertz CT molecular complexity index is 2740. The van der Waals surface area contributed by atoms with Crippen LogP contribution in [0.4, 0.5) is 8.78 Å². The highest BCUT2D eigenvalue weighted by atomic mass is 31.2. The van der Waals surface area contributed by atoms with Gasteiger partial charge in [-0.3, -0.25) is 0 Å². The molecule has 1 unspecified atom stereocenters. The van der Waals surface area contributed by atoms with E-state index in [9.17, 15) is 0 Å². The normalized spacial score (nSPS) is 14.3. The molecule has 3 nitrogen and oxygen atoms in total. The molecule has 2 heterocycles. The van der Waals surface area contributed by atoms with Gasteiger partial charge in [-0.1, -0.05) is 140 Å². The molecule has 0 spiro atoms. The molecule has 2 aromatic heterocycles. The molecule has 9 rings (SSSR count). The fraction of sp³-hybridized carbons (Fsp3) is 0.0455. The van der Waals surface area contributed by atoms with E-state index in [1.54, 1.807) is 18.2 Å². The molecule has 240 valence electrons. The fourth-order valence-electron chi connectivity index (χ4n) is 7.38. The van der Waals surface area contributed by atoms with Gasteiger partial charge >= 0.3 is 0 Å². The second-order valence-corrected chi connectivity index (χ2v) is 15.4. The van der Waals surface area contributed by atoms with Crippen molar-refractivity contribution in [2.24, 2.45) is 0 Å². The number of halogens is 2. The Labute approximate surface area is 287 Å². The topological polar surface area (TPSA) is 42.9 Å². The van der Waals surface area contributed by atoms with Crippen molar-refractivity contribution < 1.29 is 13.3 Å². The first-order valence-electron chi connectivity index (χ1n) is 16.6. The maximum Gasteiger partial charge on any atom is 0.167 e. The largest absolute Gasteiger partial charge is 0.309 e. The van der Waals surface area contributed by atoms with Gasteiger partial charge in [0.2, 0.25) is 0 Å². The van der Waals surface area contributed by atoms with E-state index < -0.39 is 18.8 Å². The molecule has 1 aliphatic rings. The molecular weight excluding hydrogens is 641 g/mol. The zero-order valence-corrected chi connectivity index (χ0v) is 27.7. The van der Waals surface area contributed by atoms with E-state index in [1.165, 1.54) is 0 Å². The summed E-state index contributed by atoms with van der Waals surface area (Å²) in [6.07, 6.45) is 7.44. The van der Waals surface area contributed by atoms with Gasteiger partial charge in [0.15, 0.2) is 7.14 Å². The number of benzene rings is 6. The lowest BCUT2D eigenvalue weighted by Crippen LogP contribution is -2.18. The fourth-order valence-corrected chi connectivity index (χ4v) is 10.3. The SMILES string of the molecule is O=P(C1=CC=CCC1)(c1ccccc1)c1ccc2c(c1)nc(-c1ccccc1)c1c(F)c3c(c(-c4ccccc4)nc4ccccc43)c(F)c12. The summed E-state index contributed by atoms with van der Waals surface area (Å²) in [5.41, 5.74) is 3.02. The van der Waals surface area contributed by atoms with E-state index in [4.69, 9.17) is 9.97 Å². The summed E-state index contributed by atoms with van der Waals surface area (Å²) >= 11 is 0. The van der Waals surface area contributed by atoms with Crippen molar-refractivity contribution in [1.29, 1.82) is 0 Å². The van der Waals surface area contributed by atoms with Crippen LogP contribution >= 0.6 is 7.14 Å². The van der Waals surface area contributed by atoms with E-state index in [1.807, 2.05) is 127 Å². The van der Waals surface area contributed by atoms with Crippen LogP contribution < -0.4 is 10.6 Å². The van der Waals surface area contributed by atoms with Crippen molar-refractivity contribution in [1.82, 2.24) is 9.97 Å². The molecule has 6 heteroatoms. The summed E-state index contributed by atoms with van der Waals surface area (Å²) in [4.78, 5) is 9.98. The Hall–Kier alpha value is -5.77. The van der Waals surface area contributed by atoms with Gasteiger partial charge in [-0.05, 0) is 30.3 Å². The van der Waals surface area contributed by atoms with Crippen LogP contribution in [0.25, 0.3) is 65.9 Å². The molecule has 1 aliphatic carbocycles. The molecule has 0 fully saturated rings. The van der Waals surface area contributed by atoms with Crippen molar-refractivity contribution >= 4 is 61.1 Å². The number of pyridine rings is 2. The molecular formula is C44H29F2N2OP. The Balaban J connectivity index is 1.44. The minimum Gasteiger partial charge on any atom is -0.309 e. The number of hydrogen-bond donors (Lipinski definition) is 0. The molecule has 0 bridgehead atoms. The minimum absolute atomic E-state index is 0.100. The molecule has 0 saturated carbocycles. The number of aromatic nitrogens is 2. The smallest absolute Gasteiger partial charge is 0.167 e. The Kier molecular flexibility index (Phi) is 7.26. The van der Waals surface area contributed by atoms with Crippen LogP contribution in [0.5, 0.6) is 0 Å². The predicted molar refractivity (Wildman–Crippen MR) is 203 cm³/mol. The first kappa shape index (κ1) is 30.3. The third-order valence-electron chi connectivity index (χ3n) is 9.71. The molecule has 0 N–H and O–H groups in total. The maximum atomic E-state index is 17.7. The Morgan fingerprint density at radius 1 is 0.540 bits per heavy atom. The summed E-state index contributed by atoms with van der Waals surface area (Å²) in [6, 6.07) is 40.8. The number of rotatable bonds is 5. The minimum atomic E-state index is -3.30. The Morgan fingerprint density at radius 2 is 1.08 bits per heavy atom.